The van der Waals surface area contributed by atoms with Gasteiger partial charge >= 0.3 is 12.0 Å². The number of aliphatic carboxylic acids is 1. The van der Waals surface area contributed by atoms with Crippen LogP contribution >= 0.6 is 0 Å². The largest absolute Gasteiger partial charge is 0.480 e. The van der Waals surface area contributed by atoms with Crippen LogP contribution in [-0.4, -0.2) is 55.4 Å². The lowest BCUT2D eigenvalue weighted by molar-refractivity contribution is -0.143. The maximum atomic E-state index is 11.6. The van der Waals surface area contributed by atoms with Gasteiger partial charge in [0.2, 0.25) is 5.91 Å². The van der Waals surface area contributed by atoms with Crippen molar-refractivity contribution in [2.75, 3.05) is 20.3 Å². The zero-order valence-electron chi connectivity index (χ0n) is 12.2. The van der Waals surface area contributed by atoms with Gasteiger partial charge in [0, 0.05) is 13.2 Å². The van der Waals surface area contributed by atoms with Crippen LogP contribution in [-0.2, 0) is 14.3 Å². The molecule has 0 heterocycles. The summed E-state index contributed by atoms with van der Waals surface area (Å²) >= 11 is 0. The quantitative estimate of drug-likeness (QED) is 0.521. The van der Waals surface area contributed by atoms with E-state index in [-0.39, 0.29) is 19.2 Å². The number of carbonyl (C=O) groups is 3. The second kappa shape index (κ2) is 9.17. The summed E-state index contributed by atoms with van der Waals surface area (Å²) in [7, 11) is 1.35. The predicted molar refractivity (Wildman–Crippen MR) is 74.8 cm³/mol. The number of carbonyl (C=O) groups excluding carboxylic acids is 2. The molecule has 1 unspecified atom stereocenters. The van der Waals surface area contributed by atoms with Crippen LogP contribution in [0.3, 0.4) is 0 Å². The fraction of sp³-hybridized carbons (Fsp3) is 0.769. The molecule has 120 valence electrons. The summed E-state index contributed by atoms with van der Waals surface area (Å²) in [5, 5.41) is 16.3. The number of amides is 3. The molecule has 1 aliphatic carbocycles. The first-order valence-corrected chi connectivity index (χ1v) is 7.08. The van der Waals surface area contributed by atoms with Crippen LogP contribution in [0.4, 0.5) is 4.79 Å². The first-order valence-electron chi connectivity index (χ1n) is 7.08. The molecule has 1 saturated carbocycles. The van der Waals surface area contributed by atoms with E-state index in [1.54, 1.807) is 0 Å². The minimum Gasteiger partial charge on any atom is -0.480 e. The summed E-state index contributed by atoms with van der Waals surface area (Å²) in [6.45, 7) is -0.401. The molecule has 21 heavy (non-hydrogen) atoms. The van der Waals surface area contributed by atoms with Crippen LogP contribution in [0.15, 0.2) is 0 Å². The lowest BCUT2D eigenvalue weighted by atomic mass is 9.96. The summed E-state index contributed by atoms with van der Waals surface area (Å²) in [4.78, 5) is 34.0. The molecule has 8 heteroatoms. The molecule has 1 aliphatic rings. The zero-order valence-corrected chi connectivity index (χ0v) is 12.2. The summed E-state index contributed by atoms with van der Waals surface area (Å²) < 4.78 is 4.70. The number of carboxylic acid groups (broad SMARTS) is 1. The van der Waals surface area contributed by atoms with Crippen LogP contribution in [0.5, 0.6) is 0 Å². The van der Waals surface area contributed by atoms with Gasteiger partial charge in [0.25, 0.3) is 0 Å². The van der Waals surface area contributed by atoms with Gasteiger partial charge in [0.05, 0.1) is 13.2 Å². The van der Waals surface area contributed by atoms with E-state index in [1.807, 2.05) is 0 Å². The number of hydrogen-bond donors (Lipinski definition) is 4. The molecule has 0 radical (unpaired) electrons. The maximum Gasteiger partial charge on any atom is 0.328 e. The van der Waals surface area contributed by atoms with E-state index in [2.05, 4.69) is 16.0 Å². The SMILES string of the molecule is COCC(NC(=O)CNC(=O)NC1CCCCC1)C(=O)O. The Balaban J connectivity index is 2.24. The topological polar surface area (TPSA) is 117 Å². The molecule has 0 aliphatic heterocycles. The maximum absolute atomic E-state index is 11.6. The highest BCUT2D eigenvalue weighted by Gasteiger charge is 2.20. The van der Waals surface area contributed by atoms with Gasteiger partial charge in [0.15, 0.2) is 6.04 Å². The number of methoxy groups -OCH3 is 1. The van der Waals surface area contributed by atoms with E-state index in [4.69, 9.17) is 9.84 Å². The number of rotatable bonds is 7. The van der Waals surface area contributed by atoms with Crippen LogP contribution in [0.2, 0.25) is 0 Å². The standard InChI is InChI=1S/C13H23N3O5/c1-21-8-10(12(18)19)16-11(17)7-14-13(20)15-9-5-3-2-4-6-9/h9-10H,2-8H2,1H3,(H,16,17)(H,18,19)(H2,14,15,20). The Hall–Kier alpha value is -1.83. The van der Waals surface area contributed by atoms with E-state index < -0.39 is 23.9 Å². The number of nitrogens with one attached hydrogen (secondary N) is 3. The second-order valence-electron chi connectivity index (χ2n) is 5.08. The van der Waals surface area contributed by atoms with E-state index in [0.717, 1.165) is 25.7 Å². The van der Waals surface area contributed by atoms with Gasteiger partial charge < -0.3 is 25.8 Å². The molecule has 0 aromatic heterocycles. The predicted octanol–water partition coefficient (Wildman–Crippen LogP) is -0.166. The molecule has 0 saturated heterocycles. The molecular weight excluding hydrogens is 278 g/mol. The van der Waals surface area contributed by atoms with Gasteiger partial charge in [-0.1, -0.05) is 19.3 Å². The van der Waals surface area contributed by atoms with Gasteiger partial charge in [-0.05, 0) is 12.8 Å². The van der Waals surface area contributed by atoms with Gasteiger partial charge in [-0.3, -0.25) is 4.79 Å². The molecule has 8 nitrogen and oxygen atoms in total. The fourth-order valence-electron chi connectivity index (χ4n) is 2.23. The highest BCUT2D eigenvalue weighted by molar-refractivity contribution is 5.87. The average molecular weight is 301 g/mol. The third kappa shape index (κ3) is 6.94. The second-order valence-corrected chi connectivity index (χ2v) is 5.08. The molecular formula is C13H23N3O5. The van der Waals surface area contributed by atoms with Crippen molar-refractivity contribution in [2.45, 2.75) is 44.2 Å². The van der Waals surface area contributed by atoms with Crippen molar-refractivity contribution in [3.8, 4) is 0 Å². The van der Waals surface area contributed by atoms with Gasteiger partial charge in [0.1, 0.15) is 0 Å². The van der Waals surface area contributed by atoms with Crippen molar-refractivity contribution >= 4 is 17.9 Å². The zero-order chi connectivity index (χ0) is 15.7. The fourth-order valence-corrected chi connectivity index (χ4v) is 2.23. The number of urea groups is 1. The number of carboxylic acids is 1. The van der Waals surface area contributed by atoms with Crippen molar-refractivity contribution in [2.24, 2.45) is 0 Å². The van der Waals surface area contributed by atoms with Crippen LogP contribution in [0.25, 0.3) is 0 Å². The third-order valence-electron chi connectivity index (χ3n) is 3.32. The van der Waals surface area contributed by atoms with Gasteiger partial charge in [-0.15, -0.1) is 0 Å². The molecule has 0 spiro atoms. The van der Waals surface area contributed by atoms with Crippen molar-refractivity contribution in [1.82, 2.24) is 16.0 Å². The highest BCUT2D eigenvalue weighted by Crippen LogP contribution is 2.16. The molecule has 1 rings (SSSR count). The van der Waals surface area contributed by atoms with Crippen LogP contribution < -0.4 is 16.0 Å². The molecule has 0 aromatic rings. The molecule has 1 atom stereocenters. The summed E-state index contributed by atoms with van der Waals surface area (Å²) in [6.07, 6.45) is 5.30. The third-order valence-corrected chi connectivity index (χ3v) is 3.32. The Morgan fingerprint density at radius 3 is 2.48 bits per heavy atom. The smallest absolute Gasteiger partial charge is 0.328 e. The minimum absolute atomic E-state index is 0.130. The molecule has 0 aromatic carbocycles. The summed E-state index contributed by atoms with van der Waals surface area (Å²) in [6, 6.07) is -1.37. The van der Waals surface area contributed by atoms with Crippen molar-refractivity contribution < 1.29 is 24.2 Å². The molecule has 0 bridgehead atoms. The van der Waals surface area contributed by atoms with E-state index >= 15 is 0 Å². The number of hydrogen-bond acceptors (Lipinski definition) is 4. The summed E-state index contributed by atoms with van der Waals surface area (Å²) in [5.41, 5.74) is 0. The normalized spacial score (nSPS) is 16.8. The Kier molecular flexibility index (Phi) is 7.52. The first-order chi connectivity index (χ1) is 10.0. The first kappa shape index (κ1) is 17.2. The highest BCUT2D eigenvalue weighted by atomic mass is 16.5. The molecule has 3 amide bonds. The monoisotopic (exact) mass is 301 g/mol. The lowest BCUT2D eigenvalue weighted by Gasteiger charge is -2.22. The Morgan fingerprint density at radius 1 is 1.24 bits per heavy atom. The van der Waals surface area contributed by atoms with Crippen LogP contribution in [0, 0.1) is 0 Å². The van der Waals surface area contributed by atoms with Gasteiger partial charge in [-0.25, -0.2) is 9.59 Å². The lowest BCUT2D eigenvalue weighted by Crippen LogP contribution is -2.50. The Morgan fingerprint density at radius 2 is 1.90 bits per heavy atom. The average Bonchev–Trinajstić information content (AvgIpc) is 2.45. The van der Waals surface area contributed by atoms with Crippen LogP contribution in [0.1, 0.15) is 32.1 Å². The molecule has 1 fully saturated rings. The Labute approximate surface area is 123 Å². The van der Waals surface area contributed by atoms with Crippen molar-refractivity contribution in [3.63, 3.8) is 0 Å². The molecule has 4 N–H and O–H groups in total. The van der Waals surface area contributed by atoms with Gasteiger partial charge in [-0.2, -0.15) is 0 Å². The number of ether oxygens (including phenoxy) is 1. The summed E-state index contributed by atoms with van der Waals surface area (Å²) in [5.74, 6) is -1.75. The minimum atomic E-state index is -1.18. The Bertz CT molecular complexity index is 369. The van der Waals surface area contributed by atoms with E-state index in [0.29, 0.717) is 0 Å². The van der Waals surface area contributed by atoms with E-state index in [1.165, 1.54) is 13.5 Å². The van der Waals surface area contributed by atoms with Crippen molar-refractivity contribution in [1.29, 1.82) is 0 Å². The van der Waals surface area contributed by atoms with E-state index in [9.17, 15) is 14.4 Å². The van der Waals surface area contributed by atoms with Crippen molar-refractivity contribution in [3.05, 3.63) is 0 Å².